The zero-order valence-electron chi connectivity index (χ0n) is 8.70. The lowest BCUT2D eigenvalue weighted by Crippen LogP contribution is -2.06. The van der Waals surface area contributed by atoms with Crippen LogP contribution in [0.1, 0.15) is 25.2 Å². The number of carboxylic acids is 1. The van der Waals surface area contributed by atoms with Gasteiger partial charge in [-0.2, -0.15) is 0 Å². The van der Waals surface area contributed by atoms with E-state index in [2.05, 4.69) is 23.8 Å². The van der Waals surface area contributed by atoms with Crippen molar-refractivity contribution < 1.29 is 9.90 Å². The van der Waals surface area contributed by atoms with Gasteiger partial charge in [-0.05, 0) is 5.92 Å². The SMILES string of the molecule is CC(C)Cc1ncc(CC(=O)O)c(Cl)n1. The third-order valence-corrected chi connectivity index (χ3v) is 2.12. The second kappa shape index (κ2) is 5.07. The van der Waals surface area contributed by atoms with E-state index in [1.807, 2.05) is 0 Å². The molecule has 0 unspecified atom stereocenters. The molecule has 0 spiro atoms. The van der Waals surface area contributed by atoms with Crippen molar-refractivity contribution >= 4 is 17.6 Å². The Labute approximate surface area is 93.3 Å². The predicted octanol–water partition coefficient (Wildman–Crippen LogP) is 1.96. The molecule has 82 valence electrons. The van der Waals surface area contributed by atoms with Crippen molar-refractivity contribution in [1.82, 2.24) is 9.97 Å². The first kappa shape index (κ1) is 11.9. The molecule has 1 aromatic heterocycles. The quantitative estimate of drug-likeness (QED) is 0.801. The van der Waals surface area contributed by atoms with E-state index in [1.54, 1.807) is 0 Å². The maximum atomic E-state index is 10.5. The molecule has 0 amide bonds. The monoisotopic (exact) mass is 228 g/mol. The standard InChI is InChI=1S/C10H13ClN2O2/c1-6(2)3-8-12-5-7(4-9(14)15)10(11)13-8/h5-6H,3-4H2,1-2H3,(H,14,15). The minimum absolute atomic E-state index is 0.138. The van der Waals surface area contributed by atoms with Crippen LogP contribution in [-0.2, 0) is 17.6 Å². The van der Waals surface area contributed by atoms with Crippen LogP contribution in [0.3, 0.4) is 0 Å². The average molecular weight is 229 g/mol. The number of nitrogens with zero attached hydrogens (tertiary/aromatic N) is 2. The van der Waals surface area contributed by atoms with Gasteiger partial charge in [0.15, 0.2) is 0 Å². The van der Waals surface area contributed by atoms with Crippen LogP contribution < -0.4 is 0 Å². The number of carboxylic acid groups (broad SMARTS) is 1. The van der Waals surface area contributed by atoms with Crippen molar-refractivity contribution in [2.75, 3.05) is 0 Å². The first-order chi connectivity index (χ1) is 6.99. The first-order valence-corrected chi connectivity index (χ1v) is 5.09. The number of rotatable bonds is 4. The van der Waals surface area contributed by atoms with Crippen LogP contribution >= 0.6 is 11.6 Å². The van der Waals surface area contributed by atoms with E-state index in [1.165, 1.54) is 6.20 Å². The topological polar surface area (TPSA) is 63.1 Å². The van der Waals surface area contributed by atoms with Gasteiger partial charge in [-0.25, -0.2) is 9.97 Å². The van der Waals surface area contributed by atoms with E-state index in [4.69, 9.17) is 16.7 Å². The predicted molar refractivity (Wildman–Crippen MR) is 56.9 cm³/mol. The van der Waals surface area contributed by atoms with Gasteiger partial charge >= 0.3 is 5.97 Å². The van der Waals surface area contributed by atoms with E-state index in [0.29, 0.717) is 17.3 Å². The number of hydrogen-bond donors (Lipinski definition) is 1. The average Bonchev–Trinajstić information content (AvgIpc) is 2.08. The molecule has 0 aliphatic heterocycles. The summed E-state index contributed by atoms with van der Waals surface area (Å²) in [5, 5.41) is 8.83. The highest BCUT2D eigenvalue weighted by Crippen LogP contribution is 2.14. The molecule has 0 atom stereocenters. The molecule has 0 aromatic carbocycles. The van der Waals surface area contributed by atoms with E-state index in [9.17, 15) is 4.79 Å². The highest BCUT2D eigenvalue weighted by Gasteiger charge is 2.09. The Balaban J connectivity index is 2.83. The molecule has 0 fully saturated rings. The van der Waals surface area contributed by atoms with Crippen LogP contribution in [0.4, 0.5) is 0 Å². The molecule has 0 aliphatic carbocycles. The highest BCUT2D eigenvalue weighted by molar-refractivity contribution is 6.30. The molecular formula is C10H13ClN2O2. The van der Waals surface area contributed by atoms with Crippen LogP contribution in [0.2, 0.25) is 5.15 Å². The molecule has 0 bridgehead atoms. The maximum absolute atomic E-state index is 10.5. The van der Waals surface area contributed by atoms with Crippen LogP contribution in [0.5, 0.6) is 0 Å². The Hall–Kier alpha value is -1.16. The van der Waals surface area contributed by atoms with Crippen molar-refractivity contribution in [3.63, 3.8) is 0 Å². The maximum Gasteiger partial charge on any atom is 0.307 e. The summed E-state index contributed by atoms with van der Waals surface area (Å²) in [5.41, 5.74) is 0.455. The second-order valence-corrected chi connectivity index (χ2v) is 4.13. The fourth-order valence-corrected chi connectivity index (χ4v) is 1.38. The first-order valence-electron chi connectivity index (χ1n) is 4.71. The molecule has 15 heavy (non-hydrogen) atoms. The van der Waals surface area contributed by atoms with Crippen LogP contribution in [0.25, 0.3) is 0 Å². The molecule has 1 heterocycles. The van der Waals surface area contributed by atoms with E-state index >= 15 is 0 Å². The zero-order chi connectivity index (χ0) is 11.4. The molecule has 1 aromatic rings. The lowest BCUT2D eigenvalue weighted by atomic mass is 10.1. The molecule has 1 rings (SSSR count). The number of hydrogen-bond acceptors (Lipinski definition) is 3. The van der Waals surface area contributed by atoms with Crippen molar-refractivity contribution in [3.8, 4) is 0 Å². The Morgan fingerprint density at radius 1 is 1.60 bits per heavy atom. The molecule has 0 aliphatic rings. The van der Waals surface area contributed by atoms with Gasteiger partial charge in [-0.15, -0.1) is 0 Å². The number of aromatic nitrogens is 2. The largest absolute Gasteiger partial charge is 0.481 e. The van der Waals surface area contributed by atoms with Crippen molar-refractivity contribution in [1.29, 1.82) is 0 Å². The van der Waals surface area contributed by atoms with Crippen molar-refractivity contribution in [2.24, 2.45) is 5.92 Å². The van der Waals surface area contributed by atoms with Crippen LogP contribution in [0, 0.1) is 5.92 Å². The summed E-state index contributed by atoms with van der Waals surface area (Å²) < 4.78 is 0. The van der Waals surface area contributed by atoms with Crippen molar-refractivity contribution in [2.45, 2.75) is 26.7 Å². The van der Waals surface area contributed by atoms with Gasteiger partial charge in [0.05, 0.1) is 6.42 Å². The molecule has 5 heteroatoms. The molecule has 4 nitrogen and oxygen atoms in total. The van der Waals surface area contributed by atoms with Gasteiger partial charge in [-0.1, -0.05) is 25.4 Å². The van der Waals surface area contributed by atoms with E-state index < -0.39 is 5.97 Å². The van der Waals surface area contributed by atoms with Gasteiger partial charge in [0.25, 0.3) is 0 Å². The van der Waals surface area contributed by atoms with Crippen LogP contribution in [0.15, 0.2) is 6.20 Å². The number of halogens is 1. The molecule has 0 saturated carbocycles. The normalized spacial score (nSPS) is 10.7. The van der Waals surface area contributed by atoms with E-state index in [0.717, 1.165) is 6.42 Å². The Kier molecular flexibility index (Phi) is 4.03. The zero-order valence-corrected chi connectivity index (χ0v) is 9.45. The van der Waals surface area contributed by atoms with Gasteiger partial charge in [0.1, 0.15) is 11.0 Å². The minimum Gasteiger partial charge on any atom is -0.481 e. The fraction of sp³-hybridized carbons (Fsp3) is 0.500. The molecule has 0 saturated heterocycles. The summed E-state index contributed by atoms with van der Waals surface area (Å²) in [6, 6.07) is 0. The fourth-order valence-electron chi connectivity index (χ4n) is 1.16. The van der Waals surface area contributed by atoms with E-state index in [-0.39, 0.29) is 11.6 Å². The summed E-state index contributed by atoms with van der Waals surface area (Å²) in [6.45, 7) is 4.12. The van der Waals surface area contributed by atoms with Crippen LogP contribution in [-0.4, -0.2) is 21.0 Å². The summed E-state index contributed by atoms with van der Waals surface area (Å²) >= 11 is 5.84. The van der Waals surface area contributed by atoms with Gasteiger partial charge in [0, 0.05) is 18.2 Å². The summed E-state index contributed by atoms with van der Waals surface area (Å²) in [4.78, 5) is 18.6. The lowest BCUT2D eigenvalue weighted by Gasteiger charge is -2.05. The van der Waals surface area contributed by atoms with Gasteiger partial charge < -0.3 is 5.11 Å². The van der Waals surface area contributed by atoms with Gasteiger partial charge in [0.2, 0.25) is 0 Å². The lowest BCUT2D eigenvalue weighted by molar-refractivity contribution is -0.136. The Morgan fingerprint density at radius 3 is 2.73 bits per heavy atom. The Bertz CT molecular complexity index is 366. The summed E-state index contributed by atoms with van der Waals surface area (Å²) in [7, 11) is 0. The number of carbonyl (C=O) groups is 1. The van der Waals surface area contributed by atoms with Crippen molar-refractivity contribution in [3.05, 3.63) is 22.7 Å². The smallest absolute Gasteiger partial charge is 0.307 e. The minimum atomic E-state index is -0.933. The molecular weight excluding hydrogens is 216 g/mol. The third kappa shape index (κ3) is 3.83. The Morgan fingerprint density at radius 2 is 2.27 bits per heavy atom. The van der Waals surface area contributed by atoms with Gasteiger partial charge in [-0.3, -0.25) is 4.79 Å². The number of aliphatic carboxylic acids is 1. The summed E-state index contributed by atoms with van der Waals surface area (Å²) in [6.07, 6.45) is 2.09. The molecule has 0 radical (unpaired) electrons. The summed E-state index contributed by atoms with van der Waals surface area (Å²) in [5.74, 6) is 0.174. The third-order valence-electron chi connectivity index (χ3n) is 1.79. The highest BCUT2D eigenvalue weighted by atomic mass is 35.5. The molecule has 1 N–H and O–H groups in total. The second-order valence-electron chi connectivity index (χ2n) is 3.77.